The largest absolute Gasteiger partial charge is 0.497 e. The van der Waals surface area contributed by atoms with Crippen LogP contribution in [-0.2, 0) is 19.4 Å². The first-order valence-corrected chi connectivity index (χ1v) is 9.06. The maximum absolute atomic E-state index is 6.25. The van der Waals surface area contributed by atoms with E-state index in [0.29, 0.717) is 11.6 Å². The molecule has 0 fully saturated rings. The molecule has 2 aromatic rings. The summed E-state index contributed by atoms with van der Waals surface area (Å²) in [6.07, 6.45) is 3.76. The van der Waals surface area contributed by atoms with E-state index in [4.69, 9.17) is 16.3 Å². The van der Waals surface area contributed by atoms with Crippen LogP contribution < -0.4 is 15.4 Å². The van der Waals surface area contributed by atoms with Crippen molar-refractivity contribution in [3.8, 4) is 5.75 Å². The third-order valence-corrected chi connectivity index (χ3v) is 5.02. The molecule has 0 aliphatic heterocycles. The summed E-state index contributed by atoms with van der Waals surface area (Å²) in [4.78, 5) is 9.92. The van der Waals surface area contributed by atoms with Crippen molar-refractivity contribution >= 4 is 28.9 Å². The number of rotatable bonds is 7. The maximum atomic E-state index is 6.25. The number of nitrogens with zero attached hydrogens (tertiary/aromatic N) is 2. The summed E-state index contributed by atoms with van der Waals surface area (Å²) in [5.74, 6) is 1.52. The Bertz CT molecular complexity index is 687. The van der Waals surface area contributed by atoms with E-state index >= 15 is 0 Å². The Kier molecular flexibility index (Phi) is 7.34. The normalized spacial score (nSPS) is 11.4. The van der Waals surface area contributed by atoms with Crippen LogP contribution in [0.2, 0.25) is 5.02 Å². The van der Waals surface area contributed by atoms with Gasteiger partial charge in [-0.3, -0.25) is 4.99 Å². The highest BCUT2D eigenvalue weighted by atomic mass is 35.5. The molecule has 0 spiro atoms. The number of nitrogens with one attached hydrogen (secondary N) is 2. The van der Waals surface area contributed by atoms with Crippen molar-refractivity contribution in [2.75, 3.05) is 20.7 Å². The summed E-state index contributed by atoms with van der Waals surface area (Å²) in [5.41, 5.74) is 1.08. The minimum absolute atomic E-state index is 0.674. The van der Waals surface area contributed by atoms with Crippen molar-refractivity contribution in [2.24, 2.45) is 4.99 Å². The molecule has 1 aromatic heterocycles. The fourth-order valence-electron chi connectivity index (χ4n) is 2.15. The highest BCUT2D eigenvalue weighted by Gasteiger charge is 2.05. The first kappa shape index (κ1) is 18.5. The number of halogens is 1. The van der Waals surface area contributed by atoms with Gasteiger partial charge in [-0.2, -0.15) is 0 Å². The number of aliphatic imine (C=N–C) groups is 1. The van der Waals surface area contributed by atoms with Crippen LogP contribution in [0.4, 0.5) is 0 Å². The highest BCUT2D eigenvalue weighted by molar-refractivity contribution is 7.11. The van der Waals surface area contributed by atoms with Crippen molar-refractivity contribution < 1.29 is 4.74 Å². The summed E-state index contributed by atoms with van der Waals surface area (Å²) in [6.45, 7) is 3.55. The third kappa shape index (κ3) is 5.39. The first-order chi connectivity index (χ1) is 11.7. The van der Waals surface area contributed by atoms with Crippen LogP contribution >= 0.6 is 22.9 Å². The number of hydrogen-bond acceptors (Lipinski definition) is 4. The summed E-state index contributed by atoms with van der Waals surface area (Å²) in [6, 6.07) is 5.74. The average Bonchev–Trinajstić information content (AvgIpc) is 3.07. The standard InChI is InChI=1S/C17H23ClN4OS/c1-4-14-10-21-16(24-14)11-22-17(19-2)20-8-7-12-5-6-13(23-3)9-15(12)18/h5-6,9-10H,4,7-8,11H2,1-3H3,(H2,19,20,22). The number of methoxy groups -OCH3 is 1. The lowest BCUT2D eigenvalue weighted by Crippen LogP contribution is -2.37. The summed E-state index contributed by atoms with van der Waals surface area (Å²) in [5, 5.41) is 8.35. The van der Waals surface area contributed by atoms with E-state index in [2.05, 4.69) is 27.5 Å². The average molecular weight is 367 g/mol. The summed E-state index contributed by atoms with van der Waals surface area (Å²) < 4.78 is 5.16. The quantitative estimate of drug-likeness (QED) is 0.583. The van der Waals surface area contributed by atoms with Gasteiger partial charge in [0.15, 0.2) is 5.96 Å². The second kappa shape index (κ2) is 9.49. The zero-order valence-electron chi connectivity index (χ0n) is 14.2. The van der Waals surface area contributed by atoms with Crippen molar-refractivity contribution in [3.63, 3.8) is 0 Å². The molecule has 0 amide bonds. The van der Waals surface area contributed by atoms with Gasteiger partial charge >= 0.3 is 0 Å². The molecule has 1 heterocycles. The van der Waals surface area contributed by atoms with Gasteiger partial charge in [-0.25, -0.2) is 4.98 Å². The maximum Gasteiger partial charge on any atom is 0.191 e. The summed E-state index contributed by atoms with van der Waals surface area (Å²) in [7, 11) is 3.39. The molecule has 0 saturated heterocycles. The SMILES string of the molecule is CCc1cnc(CNC(=NC)NCCc2ccc(OC)cc2Cl)s1. The molecule has 130 valence electrons. The molecule has 0 radical (unpaired) electrons. The number of ether oxygens (including phenoxy) is 1. The van der Waals surface area contributed by atoms with Gasteiger partial charge in [0.25, 0.3) is 0 Å². The third-order valence-electron chi connectivity index (χ3n) is 3.53. The Balaban J connectivity index is 1.79. The van der Waals surface area contributed by atoms with Crippen LogP contribution in [0, 0.1) is 0 Å². The topological polar surface area (TPSA) is 58.5 Å². The van der Waals surface area contributed by atoms with Gasteiger partial charge in [0, 0.05) is 29.7 Å². The van der Waals surface area contributed by atoms with E-state index in [1.165, 1.54) is 4.88 Å². The Morgan fingerprint density at radius 1 is 1.38 bits per heavy atom. The number of hydrogen-bond donors (Lipinski definition) is 2. The van der Waals surface area contributed by atoms with E-state index in [-0.39, 0.29) is 0 Å². The van der Waals surface area contributed by atoms with Crippen molar-refractivity contribution in [2.45, 2.75) is 26.3 Å². The van der Waals surface area contributed by atoms with Crippen LogP contribution in [0.25, 0.3) is 0 Å². The lowest BCUT2D eigenvalue weighted by atomic mass is 10.1. The number of guanidine groups is 1. The van der Waals surface area contributed by atoms with E-state index in [0.717, 1.165) is 41.7 Å². The minimum atomic E-state index is 0.674. The Hall–Kier alpha value is -1.79. The molecule has 0 aliphatic rings. The molecular weight excluding hydrogens is 344 g/mol. The van der Waals surface area contributed by atoms with Gasteiger partial charge in [-0.15, -0.1) is 11.3 Å². The minimum Gasteiger partial charge on any atom is -0.497 e. The van der Waals surface area contributed by atoms with Crippen LogP contribution in [0.5, 0.6) is 5.75 Å². The number of benzene rings is 1. The Labute approximate surface area is 152 Å². The first-order valence-electron chi connectivity index (χ1n) is 7.86. The van der Waals surface area contributed by atoms with E-state index in [9.17, 15) is 0 Å². The fraction of sp³-hybridized carbons (Fsp3) is 0.412. The Morgan fingerprint density at radius 3 is 2.83 bits per heavy atom. The molecule has 24 heavy (non-hydrogen) atoms. The van der Waals surface area contributed by atoms with Crippen molar-refractivity contribution in [1.29, 1.82) is 0 Å². The molecule has 0 atom stereocenters. The van der Waals surface area contributed by atoms with Crippen LogP contribution in [0.3, 0.4) is 0 Å². The molecule has 0 bridgehead atoms. The lowest BCUT2D eigenvalue weighted by molar-refractivity contribution is 0.414. The van der Waals surface area contributed by atoms with E-state index < -0.39 is 0 Å². The van der Waals surface area contributed by atoms with Gasteiger partial charge in [-0.1, -0.05) is 24.6 Å². The van der Waals surface area contributed by atoms with Gasteiger partial charge in [0.05, 0.1) is 13.7 Å². The smallest absolute Gasteiger partial charge is 0.191 e. The molecule has 0 saturated carbocycles. The molecule has 2 N–H and O–H groups in total. The second-order valence-electron chi connectivity index (χ2n) is 5.13. The predicted octanol–water partition coefficient (Wildman–Crippen LogP) is 3.28. The Morgan fingerprint density at radius 2 is 2.21 bits per heavy atom. The van der Waals surface area contributed by atoms with Gasteiger partial charge in [-0.05, 0) is 30.5 Å². The van der Waals surface area contributed by atoms with Gasteiger partial charge in [0.1, 0.15) is 10.8 Å². The molecule has 2 rings (SSSR count). The molecule has 1 aromatic carbocycles. The molecule has 5 nitrogen and oxygen atoms in total. The number of aryl methyl sites for hydroxylation is 1. The molecule has 0 aliphatic carbocycles. The van der Waals surface area contributed by atoms with Crippen LogP contribution in [-0.4, -0.2) is 31.6 Å². The van der Waals surface area contributed by atoms with Crippen LogP contribution in [0.1, 0.15) is 22.4 Å². The molecule has 0 unspecified atom stereocenters. The fourth-order valence-corrected chi connectivity index (χ4v) is 3.21. The monoisotopic (exact) mass is 366 g/mol. The highest BCUT2D eigenvalue weighted by Crippen LogP contribution is 2.22. The zero-order chi connectivity index (χ0) is 17.4. The predicted molar refractivity (Wildman–Crippen MR) is 101 cm³/mol. The van der Waals surface area contributed by atoms with Gasteiger partial charge in [0.2, 0.25) is 0 Å². The molecule has 7 heteroatoms. The van der Waals surface area contributed by atoms with E-state index in [1.807, 2.05) is 24.4 Å². The van der Waals surface area contributed by atoms with Gasteiger partial charge < -0.3 is 15.4 Å². The van der Waals surface area contributed by atoms with Crippen molar-refractivity contribution in [3.05, 3.63) is 44.9 Å². The summed E-state index contributed by atoms with van der Waals surface area (Å²) >= 11 is 7.98. The van der Waals surface area contributed by atoms with Crippen molar-refractivity contribution in [1.82, 2.24) is 15.6 Å². The lowest BCUT2D eigenvalue weighted by Gasteiger charge is -2.12. The van der Waals surface area contributed by atoms with Crippen LogP contribution in [0.15, 0.2) is 29.4 Å². The molecular formula is C17H23ClN4OS. The zero-order valence-corrected chi connectivity index (χ0v) is 15.8. The number of thiazole rings is 1. The second-order valence-corrected chi connectivity index (χ2v) is 6.74. The number of aromatic nitrogens is 1. The van der Waals surface area contributed by atoms with E-state index in [1.54, 1.807) is 25.5 Å².